The van der Waals surface area contributed by atoms with E-state index < -0.39 is 67.2 Å². The van der Waals surface area contributed by atoms with Gasteiger partial charge in [0.25, 0.3) is 0 Å². The van der Waals surface area contributed by atoms with Crippen LogP contribution in [0.4, 0.5) is 10.5 Å². The number of hydrogen-bond donors (Lipinski definition) is 2. The summed E-state index contributed by atoms with van der Waals surface area (Å²) in [6, 6.07) is 8.62. The molecule has 10 nitrogen and oxygen atoms in total. The first kappa shape index (κ1) is 25.7. The van der Waals surface area contributed by atoms with E-state index in [0.29, 0.717) is 18.5 Å². The first-order valence-electron chi connectivity index (χ1n) is 11.2. The Morgan fingerprint density at radius 2 is 1.62 bits per heavy atom. The number of nitrogens with one attached hydrogen (secondary N) is 1. The first-order valence-corrected chi connectivity index (χ1v) is 11.2. The molecule has 7 atom stereocenters. The molecule has 0 radical (unpaired) electrons. The third kappa shape index (κ3) is 6.34. The van der Waals surface area contributed by atoms with Crippen molar-refractivity contribution >= 4 is 23.7 Å². The fourth-order valence-corrected chi connectivity index (χ4v) is 3.70. The van der Waals surface area contributed by atoms with E-state index in [4.69, 9.17) is 23.7 Å². The molecule has 1 aromatic rings. The molecule has 1 saturated heterocycles. The number of carbonyl (C=O) groups is 3. The minimum atomic E-state index is -1.28. The maximum Gasteiger partial charge on any atom is 0.412 e. The summed E-state index contributed by atoms with van der Waals surface area (Å²) in [6.45, 7) is 2.87. The molecule has 0 bridgehead atoms. The Morgan fingerprint density at radius 3 is 2.18 bits per heavy atom. The zero-order valence-electron chi connectivity index (χ0n) is 19.4. The van der Waals surface area contributed by atoms with E-state index in [9.17, 15) is 19.5 Å². The van der Waals surface area contributed by atoms with E-state index in [1.807, 2.05) is 12.2 Å². The molecule has 2 aliphatic rings. The Kier molecular flexibility index (Phi) is 9.03. The number of benzene rings is 1. The summed E-state index contributed by atoms with van der Waals surface area (Å²) in [5, 5.41) is 12.5. The van der Waals surface area contributed by atoms with E-state index in [1.165, 1.54) is 7.11 Å². The van der Waals surface area contributed by atoms with Crippen LogP contribution in [0.1, 0.15) is 26.7 Å². The van der Waals surface area contributed by atoms with E-state index in [0.717, 1.165) is 0 Å². The van der Waals surface area contributed by atoms with E-state index >= 15 is 0 Å². The highest BCUT2D eigenvalue weighted by Gasteiger charge is 2.53. The van der Waals surface area contributed by atoms with Gasteiger partial charge in [-0.2, -0.15) is 0 Å². The summed E-state index contributed by atoms with van der Waals surface area (Å²) in [5.41, 5.74) is 0.485. The molecule has 10 heteroatoms. The maximum absolute atomic E-state index is 12.8. The van der Waals surface area contributed by atoms with Crippen molar-refractivity contribution in [1.29, 1.82) is 0 Å². The lowest BCUT2D eigenvalue weighted by Gasteiger charge is -2.44. The fourth-order valence-electron chi connectivity index (χ4n) is 3.70. The van der Waals surface area contributed by atoms with Crippen LogP contribution >= 0.6 is 0 Å². The zero-order valence-corrected chi connectivity index (χ0v) is 19.4. The molecule has 0 aromatic heterocycles. The molecule has 2 aliphatic heterocycles. The monoisotopic (exact) mass is 477 g/mol. The van der Waals surface area contributed by atoms with Crippen LogP contribution in [-0.2, 0) is 33.3 Å². The SMILES string of the molecule is CO[C@H]1O[C@H](CO)[C@H]2OC(=O)[C@H](C)CC=CC[C@@H](C)C(=O)O[C@@H]2[C@H]1OC(=O)Nc1ccccc1. The maximum atomic E-state index is 12.8. The fraction of sp³-hybridized carbons (Fsp3) is 0.542. The lowest BCUT2D eigenvalue weighted by molar-refractivity contribution is -0.299. The number of allylic oxidation sites excluding steroid dienone is 2. The van der Waals surface area contributed by atoms with Gasteiger partial charge >= 0.3 is 18.0 Å². The predicted molar refractivity (Wildman–Crippen MR) is 120 cm³/mol. The molecule has 0 spiro atoms. The summed E-state index contributed by atoms with van der Waals surface area (Å²) >= 11 is 0. The number of para-hydroxylation sites is 1. The Balaban J connectivity index is 1.92. The van der Waals surface area contributed by atoms with Crippen molar-refractivity contribution in [2.75, 3.05) is 19.0 Å². The Morgan fingerprint density at radius 1 is 1.03 bits per heavy atom. The first-order chi connectivity index (χ1) is 16.3. The lowest BCUT2D eigenvalue weighted by atomic mass is 9.97. The molecule has 0 aliphatic carbocycles. The molecule has 2 N–H and O–H groups in total. The van der Waals surface area contributed by atoms with Crippen LogP contribution in [0.5, 0.6) is 0 Å². The summed E-state index contributed by atoms with van der Waals surface area (Å²) < 4.78 is 28.0. The highest BCUT2D eigenvalue weighted by molar-refractivity contribution is 5.84. The molecule has 1 aromatic carbocycles. The molecule has 186 valence electrons. The van der Waals surface area contributed by atoms with Gasteiger partial charge in [0, 0.05) is 12.8 Å². The number of aliphatic hydroxyl groups is 1. The van der Waals surface area contributed by atoms with Gasteiger partial charge in [-0.15, -0.1) is 0 Å². The van der Waals surface area contributed by atoms with Crippen molar-refractivity contribution < 1.29 is 43.2 Å². The molecule has 1 amide bonds. The number of rotatable bonds is 4. The molecule has 1 fully saturated rings. The summed E-state index contributed by atoms with van der Waals surface area (Å²) in [4.78, 5) is 38.2. The molecule has 0 saturated carbocycles. The average molecular weight is 478 g/mol. The number of esters is 2. The van der Waals surface area contributed by atoms with E-state index in [2.05, 4.69) is 5.32 Å². The second-order valence-electron chi connectivity index (χ2n) is 8.37. The second kappa shape index (κ2) is 12.0. The van der Waals surface area contributed by atoms with Gasteiger partial charge in [-0.05, 0) is 25.0 Å². The standard InChI is InChI=1S/C24H31NO9/c1-14-9-7-8-10-15(2)22(28)33-19-18(32-21(14)27)17(13-26)31-23(30-3)20(19)34-24(29)25-16-11-5-4-6-12-16/h4-8,11-12,14-15,17-20,23,26H,9-10,13H2,1-3H3,(H,25,29)/t14-,15-,17-,18-,19+,20-,23+/m1/s1. The van der Waals surface area contributed by atoms with Crippen molar-refractivity contribution in [3.63, 3.8) is 0 Å². The summed E-state index contributed by atoms with van der Waals surface area (Å²) in [5.74, 6) is -2.12. The van der Waals surface area contributed by atoms with Gasteiger partial charge in [-0.1, -0.05) is 44.2 Å². The van der Waals surface area contributed by atoms with Gasteiger partial charge in [-0.3, -0.25) is 14.9 Å². The van der Waals surface area contributed by atoms with Gasteiger partial charge in [0.2, 0.25) is 0 Å². The number of ether oxygens (including phenoxy) is 5. The van der Waals surface area contributed by atoms with Crippen LogP contribution in [0.15, 0.2) is 42.5 Å². The molecular formula is C24H31NO9. The molecule has 2 heterocycles. The lowest BCUT2D eigenvalue weighted by Crippen LogP contribution is -2.63. The third-order valence-electron chi connectivity index (χ3n) is 5.72. The van der Waals surface area contributed by atoms with Crippen LogP contribution in [0, 0.1) is 11.8 Å². The van der Waals surface area contributed by atoms with Crippen molar-refractivity contribution in [2.24, 2.45) is 11.8 Å². The largest absolute Gasteiger partial charge is 0.455 e. The van der Waals surface area contributed by atoms with Crippen LogP contribution < -0.4 is 5.32 Å². The minimum Gasteiger partial charge on any atom is -0.455 e. The van der Waals surface area contributed by atoms with Crippen molar-refractivity contribution in [3.05, 3.63) is 42.5 Å². The topological polar surface area (TPSA) is 130 Å². The number of fused-ring (bicyclic) bond motifs is 1. The predicted octanol–water partition coefficient (Wildman–Crippen LogP) is 2.41. The van der Waals surface area contributed by atoms with Crippen molar-refractivity contribution in [2.45, 2.75) is 57.4 Å². The number of aliphatic hydroxyl groups excluding tert-OH is 1. The van der Waals surface area contributed by atoms with Gasteiger partial charge < -0.3 is 28.8 Å². The minimum absolute atomic E-state index is 0.408. The third-order valence-corrected chi connectivity index (χ3v) is 5.72. The smallest absolute Gasteiger partial charge is 0.412 e. The van der Waals surface area contributed by atoms with Gasteiger partial charge in [0.1, 0.15) is 6.10 Å². The van der Waals surface area contributed by atoms with Crippen LogP contribution in [0.3, 0.4) is 0 Å². The number of carbonyl (C=O) groups excluding carboxylic acids is 3. The molecule has 3 rings (SSSR count). The summed E-state index contributed by atoms with van der Waals surface area (Å²) in [7, 11) is 1.32. The molecule has 34 heavy (non-hydrogen) atoms. The van der Waals surface area contributed by atoms with Gasteiger partial charge in [-0.25, -0.2) is 4.79 Å². The van der Waals surface area contributed by atoms with Gasteiger partial charge in [0.15, 0.2) is 24.6 Å². The zero-order chi connectivity index (χ0) is 24.7. The molecule has 0 unspecified atom stereocenters. The van der Waals surface area contributed by atoms with Gasteiger partial charge in [0.05, 0.1) is 18.4 Å². The second-order valence-corrected chi connectivity index (χ2v) is 8.37. The quantitative estimate of drug-likeness (QED) is 0.381. The van der Waals surface area contributed by atoms with Crippen molar-refractivity contribution in [3.8, 4) is 0 Å². The number of amides is 1. The number of anilines is 1. The number of methoxy groups -OCH3 is 1. The van der Waals surface area contributed by atoms with Crippen molar-refractivity contribution in [1.82, 2.24) is 0 Å². The normalized spacial score (nSPS) is 32.3. The molecular weight excluding hydrogens is 446 g/mol. The summed E-state index contributed by atoms with van der Waals surface area (Å²) in [6.07, 6.45) is -2.41. The Labute approximate surface area is 198 Å². The number of hydrogen-bond acceptors (Lipinski definition) is 9. The van der Waals surface area contributed by atoms with E-state index in [-0.39, 0.29) is 0 Å². The van der Waals surface area contributed by atoms with Crippen LogP contribution in [0.2, 0.25) is 0 Å². The van der Waals surface area contributed by atoms with Crippen LogP contribution in [-0.4, -0.2) is 67.6 Å². The highest BCUT2D eigenvalue weighted by atomic mass is 16.7. The Bertz CT molecular complexity index is 874. The van der Waals surface area contributed by atoms with Crippen LogP contribution in [0.25, 0.3) is 0 Å². The Hall–Kier alpha value is -2.95. The average Bonchev–Trinajstić information content (AvgIpc) is 2.83. The highest BCUT2D eigenvalue weighted by Crippen LogP contribution is 2.31. The van der Waals surface area contributed by atoms with E-state index in [1.54, 1.807) is 44.2 Å².